The largest absolute Gasteiger partial charge is 0.790 e. The van der Waals surface area contributed by atoms with Gasteiger partial charge in [-0.25, -0.2) is 19.3 Å². The van der Waals surface area contributed by atoms with Crippen molar-refractivity contribution >= 4 is 69.1 Å². The molecule has 24 nitrogen and oxygen atoms in total. The number of unbranched alkanes of at least 4 members (excludes halogenated alkanes) is 14. The van der Waals surface area contributed by atoms with Gasteiger partial charge >= 0.3 is 0 Å². The number of ether oxygens (including phenoxy) is 1. The zero-order valence-corrected chi connectivity index (χ0v) is 52.9. The maximum atomic E-state index is 12.7. The number of nitrogen functional groups attached to an aromatic ring is 1. The zero-order chi connectivity index (χ0) is 62.4. The number of phosphoric ester groups is 3. The molecule has 0 radical (unpaired) electrons. The third kappa shape index (κ3) is 33.2. The number of anilines is 1. The molecule has 1 saturated heterocycles. The number of nitrogens with zero attached hydrogens (tertiary/aromatic N) is 4. The van der Waals surface area contributed by atoms with Gasteiger partial charge in [-0.1, -0.05) is 182 Å². The van der Waals surface area contributed by atoms with Crippen molar-refractivity contribution in [1.82, 2.24) is 30.2 Å². The second-order valence-corrected chi connectivity index (χ2v) is 26.3. The maximum absolute atomic E-state index is 12.7. The van der Waals surface area contributed by atoms with Gasteiger partial charge in [0.2, 0.25) is 11.8 Å². The Balaban J connectivity index is 1.14. The fourth-order valence-corrected chi connectivity index (χ4v) is 12.1. The lowest BCUT2D eigenvalue weighted by molar-refractivity contribution is -0.347. The molecule has 1 aliphatic heterocycles. The lowest BCUT2D eigenvalue weighted by Gasteiger charge is -2.36. The number of phosphoric acid groups is 3. The van der Waals surface area contributed by atoms with E-state index in [1.807, 2.05) is 0 Å². The van der Waals surface area contributed by atoms with E-state index in [-0.39, 0.29) is 41.6 Å². The van der Waals surface area contributed by atoms with Gasteiger partial charge < -0.3 is 69.0 Å². The Morgan fingerprint density at radius 2 is 1.25 bits per heavy atom. The van der Waals surface area contributed by atoms with Crippen molar-refractivity contribution in [3.8, 4) is 0 Å². The molecular formula is C57H90N7O17P3S-4. The molecule has 0 bridgehead atoms. The Bertz CT molecular complexity index is 2610. The average molecular weight is 1270 g/mol. The van der Waals surface area contributed by atoms with Crippen molar-refractivity contribution in [2.75, 3.05) is 37.8 Å². The summed E-state index contributed by atoms with van der Waals surface area (Å²) >= 11 is 1.15. The Hall–Kier alpha value is -4.00. The highest BCUT2D eigenvalue weighted by Crippen LogP contribution is 2.56. The monoisotopic (exact) mass is 1270 g/mol. The van der Waals surface area contributed by atoms with Crippen LogP contribution in [0.4, 0.5) is 5.82 Å². The molecule has 480 valence electrons. The topological polar surface area (TPSA) is 375 Å². The van der Waals surface area contributed by atoms with Crippen LogP contribution in [-0.4, -0.2) is 103 Å². The number of aliphatic hydroxyl groups is 2. The van der Waals surface area contributed by atoms with Crippen LogP contribution in [0.2, 0.25) is 0 Å². The number of aliphatic hydroxyl groups excluding tert-OH is 2. The summed E-state index contributed by atoms with van der Waals surface area (Å²) in [4.78, 5) is 97.3. The van der Waals surface area contributed by atoms with Crippen LogP contribution < -0.4 is 35.9 Å². The van der Waals surface area contributed by atoms with E-state index in [9.17, 15) is 57.9 Å². The summed E-state index contributed by atoms with van der Waals surface area (Å²) in [6.45, 7) is 2.32. The van der Waals surface area contributed by atoms with E-state index in [2.05, 4.69) is 123 Å². The van der Waals surface area contributed by atoms with E-state index in [0.29, 0.717) is 12.2 Å². The number of fused-ring (bicyclic) bond motifs is 1. The van der Waals surface area contributed by atoms with E-state index >= 15 is 0 Å². The summed E-state index contributed by atoms with van der Waals surface area (Å²) < 4.78 is 61.0. The minimum Gasteiger partial charge on any atom is -0.790 e. The summed E-state index contributed by atoms with van der Waals surface area (Å²) in [5.41, 5.74) is 4.10. The molecular weight excluding hydrogens is 1180 g/mol. The number of imidazole rings is 1. The molecule has 2 aromatic heterocycles. The van der Waals surface area contributed by atoms with Gasteiger partial charge in [0.1, 0.15) is 36.3 Å². The summed E-state index contributed by atoms with van der Waals surface area (Å²) in [7, 11) is -17.6. The number of hydrogen-bond acceptors (Lipinski definition) is 22. The van der Waals surface area contributed by atoms with E-state index in [1.54, 1.807) is 0 Å². The summed E-state index contributed by atoms with van der Waals surface area (Å²) in [6.07, 6.45) is 43.9. The van der Waals surface area contributed by atoms with Crippen LogP contribution in [0.25, 0.3) is 11.2 Å². The predicted octanol–water partition coefficient (Wildman–Crippen LogP) is 8.08. The molecule has 0 spiro atoms. The highest BCUT2D eigenvalue weighted by molar-refractivity contribution is 8.13. The van der Waals surface area contributed by atoms with Gasteiger partial charge in [-0.15, -0.1) is 0 Å². The first kappa shape index (κ1) is 75.3. The van der Waals surface area contributed by atoms with E-state index < -0.39 is 84.6 Å². The van der Waals surface area contributed by atoms with E-state index in [4.69, 9.17) is 10.5 Å². The number of rotatable bonds is 47. The van der Waals surface area contributed by atoms with Crippen LogP contribution in [0.15, 0.2) is 85.6 Å². The van der Waals surface area contributed by atoms with Gasteiger partial charge in [-0.2, -0.15) is 0 Å². The molecule has 3 rings (SSSR count). The normalized spacial score (nSPS) is 18.9. The zero-order valence-electron chi connectivity index (χ0n) is 49.4. The number of thioether (sulfide) groups is 1. The summed E-state index contributed by atoms with van der Waals surface area (Å²) in [5.74, 6) is -1.14. The number of carbonyl (C=O) groups is 3. The number of carbonyl (C=O) groups excluding carboxylic acids is 3. The van der Waals surface area contributed by atoms with Gasteiger partial charge in [0, 0.05) is 37.1 Å². The molecule has 85 heavy (non-hydrogen) atoms. The molecule has 7 atom stereocenters. The summed E-state index contributed by atoms with van der Waals surface area (Å²) in [6, 6.07) is 0. The highest BCUT2D eigenvalue weighted by Gasteiger charge is 2.47. The molecule has 2 amide bonds. The molecule has 28 heteroatoms. The van der Waals surface area contributed by atoms with Gasteiger partial charge in [0.25, 0.3) is 15.6 Å². The standard InChI is InChI=1S/C57H94N7O17P3S/c1-4-5-6-7-8-9-10-11-12-13-14-15-16-17-18-19-20-21-22-23-24-25-26-27-28-29-30-31-32-33-34-35-36-37-48(66)85-41-40-59-47(65)38-39-60-55(69)52(68)57(2,3)43-78-84(75,76)81-83(73,74)77-42-46-51(80-82(70,71)72)50(67)56(79-46)64-45-63-49-53(58)61-44-62-54(49)64/h5-6,8-9,11-12,14-15,17-18,20-21,44-46,50-52,56,67-68H,4,7,10,13,16,19,22-43H2,1-3H3,(H,59,65)(H,60,69)(H,73,74)(H,75,76)(H2,58,61,62)(H2,70,71,72)/p-4/b6-5-,9-8-,12-11-,15-14-,18-17-,21-20-/t46-,50-,51-,52+,56-/m1/s1. The third-order valence-corrected chi connectivity index (χ3v) is 17.3. The first-order chi connectivity index (χ1) is 40.6. The molecule has 0 saturated carbocycles. The van der Waals surface area contributed by atoms with Gasteiger partial charge in [-0.05, 0) is 57.8 Å². The second-order valence-electron chi connectivity index (χ2n) is 21.1. The number of aromatic nitrogens is 4. The van der Waals surface area contributed by atoms with E-state index in [1.165, 1.54) is 84.5 Å². The highest BCUT2D eigenvalue weighted by atomic mass is 32.2. The van der Waals surface area contributed by atoms with Crippen molar-refractivity contribution in [3.63, 3.8) is 0 Å². The Morgan fingerprint density at radius 3 is 1.80 bits per heavy atom. The van der Waals surface area contributed by atoms with Crippen LogP contribution in [-0.2, 0) is 50.7 Å². The van der Waals surface area contributed by atoms with Crippen molar-refractivity contribution in [2.24, 2.45) is 5.41 Å². The number of hydrogen-bond donors (Lipinski definition) is 5. The predicted molar refractivity (Wildman–Crippen MR) is 320 cm³/mol. The molecule has 1 fully saturated rings. The van der Waals surface area contributed by atoms with Crippen LogP contribution in [0.1, 0.15) is 175 Å². The molecule has 0 aliphatic carbocycles. The SMILES string of the molecule is CC/C=C\C/C=C\C/C=C\C/C=C\C/C=C\C/C=C\CCCCCCCCCCCCCCCCC(=O)SCCNC(=O)CCNC(=O)[C@H](O)C(C)(C)COP(=O)([O-])OP(=O)([O-])OC[C@H]1O[C@@H](n2cnc3c(N)ncnc32)[C@H](O)[C@@H]1OP(=O)([O-])[O-]. The number of amides is 2. The number of nitrogens with two attached hydrogens (primary N) is 1. The molecule has 2 unspecified atom stereocenters. The first-order valence-corrected chi connectivity index (χ1v) is 34.8. The fourth-order valence-electron chi connectivity index (χ4n) is 8.64. The fraction of sp³-hybridized carbons (Fsp3) is 0.649. The minimum atomic E-state index is -5.93. The molecule has 2 aromatic rings. The Morgan fingerprint density at radius 1 is 0.729 bits per heavy atom. The lowest BCUT2D eigenvalue weighted by atomic mass is 9.87. The Kier molecular flexibility index (Phi) is 37.2. The van der Waals surface area contributed by atoms with Crippen molar-refractivity contribution < 1.29 is 80.5 Å². The average Bonchev–Trinajstić information content (AvgIpc) is 2.05. The van der Waals surface area contributed by atoms with Crippen molar-refractivity contribution in [3.05, 3.63) is 85.6 Å². The lowest BCUT2D eigenvalue weighted by Crippen LogP contribution is -2.46. The van der Waals surface area contributed by atoms with Crippen LogP contribution in [0.3, 0.4) is 0 Å². The quantitative estimate of drug-likeness (QED) is 0.0237. The Labute approximate surface area is 505 Å². The molecule has 6 N–H and O–H groups in total. The second kappa shape index (κ2) is 42.0. The molecule has 3 heterocycles. The van der Waals surface area contributed by atoms with Crippen molar-refractivity contribution in [1.29, 1.82) is 0 Å². The smallest absolute Gasteiger partial charge is 0.274 e. The maximum Gasteiger partial charge on any atom is 0.274 e. The van der Waals surface area contributed by atoms with Gasteiger partial charge in [-0.3, -0.25) is 28.1 Å². The van der Waals surface area contributed by atoms with Crippen LogP contribution in [0, 0.1) is 5.41 Å². The van der Waals surface area contributed by atoms with Crippen LogP contribution in [0.5, 0.6) is 0 Å². The van der Waals surface area contributed by atoms with E-state index in [0.717, 1.165) is 93.2 Å². The minimum absolute atomic E-state index is 0.0191. The van der Waals surface area contributed by atoms with Gasteiger partial charge in [0.15, 0.2) is 22.8 Å². The number of allylic oxidation sites excluding steroid dienone is 12. The first-order valence-electron chi connectivity index (χ1n) is 29.4. The third-order valence-electron chi connectivity index (χ3n) is 13.3. The summed E-state index contributed by atoms with van der Waals surface area (Å²) in [5, 5.41) is 26.6. The molecule has 0 aromatic carbocycles. The number of nitrogens with one attached hydrogen (secondary N) is 2. The van der Waals surface area contributed by atoms with Crippen molar-refractivity contribution in [2.45, 2.75) is 199 Å². The van der Waals surface area contributed by atoms with Crippen LogP contribution >= 0.6 is 35.2 Å². The molecule has 1 aliphatic rings. The van der Waals surface area contributed by atoms with Gasteiger partial charge in [0.05, 0.1) is 27.4 Å².